The molecule has 0 aliphatic carbocycles. The molecule has 10 heteroatoms. The normalized spacial score (nSPS) is 11.0. The largest absolute Gasteiger partial charge is 0.493 e. The molecule has 5 rings (SSSR count). The summed E-state index contributed by atoms with van der Waals surface area (Å²) < 4.78 is 32.0. The lowest BCUT2D eigenvalue weighted by atomic mass is 10.1. The van der Waals surface area contributed by atoms with Crippen LogP contribution in [-0.4, -0.2) is 33.7 Å². The van der Waals surface area contributed by atoms with Gasteiger partial charge < -0.3 is 19.5 Å². The van der Waals surface area contributed by atoms with Crippen molar-refractivity contribution >= 4 is 33.8 Å². The number of anilines is 1. The van der Waals surface area contributed by atoms with Crippen molar-refractivity contribution in [3.05, 3.63) is 107 Å². The van der Waals surface area contributed by atoms with Crippen molar-refractivity contribution in [2.24, 2.45) is 0 Å². The van der Waals surface area contributed by atoms with Gasteiger partial charge in [-0.05, 0) is 60.7 Å². The maximum Gasteiger partial charge on any atom is 0.268 e. The molecule has 2 aromatic heterocycles. The highest BCUT2D eigenvalue weighted by molar-refractivity contribution is 7.81. The summed E-state index contributed by atoms with van der Waals surface area (Å²) in [5.74, 6) is 2.45. The van der Waals surface area contributed by atoms with Crippen molar-refractivity contribution in [1.82, 2.24) is 14.5 Å². The number of fused-ring (bicyclic) bond motifs is 1. The van der Waals surface area contributed by atoms with Gasteiger partial charge in [0.1, 0.15) is 28.1 Å². The summed E-state index contributed by atoms with van der Waals surface area (Å²) >= 11 is 5.58. The van der Waals surface area contributed by atoms with Gasteiger partial charge in [0.15, 0.2) is 11.5 Å². The van der Waals surface area contributed by atoms with Crippen LogP contribution in [0.3, 0.4) is 0 Å². The van der Waals surface area contributed by atoms with Crippen LogP contribution in [0.1, 0.15) is 31.2 Å². The average molecular weight is 571 g/mol. The fourth-order valence-electron chi connectivity index (χ4n) is 4.34. The summed E-state index contributed by atoms with van der Waals surface area (Å²) in [6.45, 7) is 3.87. The number of halogens is 1. The smallest absolute Gasteiger partial charge is 0.268 e. The van der Waals surface area contributed by atoms with Crippen molar-refractivity contribution < 1.29 is 18.6 Å². The number of rotatable bonds is 8. The highest BCUT2D eigenvalue weighted by Crippen LogP contribution is 2.37. The molecule has 0 unspecified atom stereocenters. The molecule has 0 saturated carbocycles. The zero-order valence-corrected chi connectivity index (χ0v) is 23.7. The number of methoxy groups -OCH3 is 2. The van der Waals surface area contributed by atoms with E-state index in [1.165, 1.54) is 22.9 Å². The Labute approximate surface area is 241 Å². The maximum absolute atomic E-state index is 13.5. The number of hydrogen-bond donors (Lipinski definition) is 1. The monoisotopic (exact) mass is 570 g/mol. The van der Waals surface area contributed by atoms with E-state index in [1.54, 1.807) is 68.9 Å². The number of benzene rings is 3. The highest BCUT2D eigenvalue weighted by Gasteiger charge is 2.18. The Kier molecular flexibility index (Phi) is 7.93. The minimum Gasteiger partial charge on any atom is -0.493 e. The van der Waals surface area contributed by atoms with E-state index in [0.717, 1.165) is 5.39 Å². The molecule has 1 N–H and O–H groups in total. The van der Waals surface area contributed by atoms with Crippen molar-refractivity contribution in [2.45, 2.75) is 19.8 Å². The summed E-state index contributed by atoms with van der Waals surface area (Å²) in [4.78, 5) is 22.6. The van der Waals surface area contributed by atoms with Gasteiger partial charge in [-0.25, -0.2) is 9.37 Å². The quantitative estimate of drug-likeness (QED) is 0.208. The second-order valence-corrected chi connectivity index (χ2v) is 9.82. The average Bonchev–Trinajstić information content (AvgIpc) is 2.97. The lowest BCUT2D eigenvalue weighted by Crippen LogP contribution is -2.31. The summed E-state index contributed by atoms with van der Waals surface area (Å²) in [7, 11) is 3.15. The predicted molar refractivity (Wildman–Crippen MR) is 161 cm³/mol. The number of nitrogens with zero attached hydrogens (tertiary/aromatic N) is 3. The Morgan fingerprint density at radius 3 is 2.27 bits per heavy atom. The van der Waals surface area contributed by atoms with Gasteiger partial charge in [0, 0.05) is 35.5 Å². The van der Waals surface area contributed by atoms with Crippen LogP contribution in [0.4, 0.5) is 10.1 Å². The minimum absolute atomic E-state index is 0.0449. The molecule has 8 nitrogen and oxygen atoms in total. The van der Waals surface area contributed by atoms with Crippen molar-refractivity contribution in [2.75, 3.05) is 19.5 Å². The van der Waals surface area contributed by atoms with E-state index in [2.05, 4.69) is 15.3 Å². The zero-order chi connectivity index (χ0) is 29.1. The summed E-state index contributed by atoms with van der Waals surface area (Å²) in [6, 6.07) is 18.3. The van der Waals surface area contributed by atoms with Crippen molar-refractivity contribution in [1.29, 1.82) is 0 Å². The van der Waals surface area contributed by atoms with Gasteiger partial charge in [0.25, 0.3) is 5.56 Å². The molecular weight excluding hydrogens is 543 g/mol. The third-order valence-electron chi connectivity index (χ3n) is 6.38. The first kappa shape index (κ1) is 27.7. The van der Waals surface area contributed by atoms with Gasteiger partial charge in [0.2, 0.25) is 0 Å². The van der Waals surface area contributed by atoms with E-state index >= 15 is 0 Å². The number of ether oxygens (including phenoxy) is 3. The molecule has 41 heavy (non-hydrogen) atoms. The number of thiocarbonyl (C=S) groups is 1. The Hall–Kier alpha value is -4.83. The van der Waals surface area contributed by atoms with Crippen LogP contribution in [0.25, 0.3) is 16.6 Å². The molecule has 0 saturated heterocycles. The van der Waals surface area contributed by atoms with Crippen LogP contribution in [0.5, 0.6) is 23.0 Å². The molecule has 0 spiro atoms. The number of hydrogen-bond acceptors (Lipinski definition) is 7. The van der Waals surface area contributed by atoms with Crippen LogP contribution >= 0.6 is 12.2 Å². The molecule has 5 aromatic rings. The van der Waals surface area contributed by atoms with Crippen LogP contribution < -0.4 is 25.1 Å². The molecular formula is C31H27FN4O4S. The van der Waals surface area contributed by atoms with Gasteiger partial charge in [-0.2, -0.15) is 0 Å². The SMILES string of the molecule is COc1cc2nccc(Oc3ccc(NC(=S)c4cnc(C(C)C)n(-c5ccc(F)cc5)c4=O)cc3)c2cc1OC. The second-order valence-electron chi connectivity index (χ2n) is 9.42. The van der Waals surface area contributed by atoms with Crippen LogP contribution in [0.2, 0.25) is 0 Å². The lowest BCUT2D eigenvalue weighted by molar-refractivity contribution is 0.355. The third-order valence-corrected chi connectivity index (χ3v) is 6.70. The van der Waals surface area contributed by atoms with Crippen molar-refractivity contribution in [3.8, 4) is 28.7 Å². The number of nitrogens with one attached hydrogen (secondary N) is 1. The van der Waals surface area contributed by atoms with Gasteiger partial charge >= 0.3 is 0 Å². The summed E-state index contributed by atoms with van der Waals surface area (Å²) in [6.07, 6.45) is 3.14. The lowest BCUT2D eigenvalue weighted by Gasteiger charge is -2.17. The molecule has 0 aliphatic rings. The molecule has 0 bridgehead atoms. The number of aromatic nitrogens is 3. The zero-order valence-electron chi connectivity index (χ0n) is 22.8. The van der Waals surface area contributed by atoms with Crippen LogP contribution in [-0.2, 0) is 0 Å². The molecule has 2 heterocycles. The Bertz CT molecular complexity index is 1790. The second kappa shape index (κ2) is 11.7. The van der Waals surface area contributed by atoms with Gasteiger partial charge in [-0.1, -0.05) is 26.1 Å². The molecule has 0 radical (unpaired) electrons. The van der Waals surface area contributed by atoms with Gasteiger partial charge in [-0.3, -0.25) is 14.3 Å². The molecule has 0 amide bonds. The van der Waals surface area contributed by atoms with Gasteiger partial charge in [0.05, 0.1) is 31.0 Å². The fourth-order valence-corrected chi connectivity index (χ4v) is 4.60. The highest BCUT2D eigenvalue weighted by atomic mass is 32.1. The van der Waals surface area contributed by atoms with E-state index in [1.807, 2.05) is 19.9 Å². The van der Waals surface area contributed by atoms with E-state index < -0.39 is 5.82 Å². The van der Waals surface area contributed by atoms with E-state index in [4.69, 9.17) is 26.4 Å². The predicted octanol–water partition coefficient (Wildman–Crippen LogP) is 6.64. The Morgan fingerprint density at radius 2 is 1.61 bits per heavy atom. The van der Waals surface area contributed by atoms with E-state index in [0.29, 0.717) is 45.7 Å². The first-order valence-electron chi connectivity index (χ1n) is 12.8. The maximum atomic E-state index is 13.5. The molecule has 3 aromatic carbocycles. The first-order chi connectivity index (χ1) is 19.8. The standard InChI is InChI=1S/C31H27FN4O4S/c1-18(2)29-34-17-24(31(37)36(29)21-9-5-19(32)6-10-21)30(41)35-20-7-11-22(12-8-20)40-26-13-14-33-25-16-28(39-4)27(38-3)15-23(25)26/h5-18H,1-4H3,(H,35,41). The van der Waals surface area contributed by atoms with E-state index in [-0.39, 0.29) is 22.0 Å². The molecule has 208 valence electrons. The third kappa shape index (κ3) is 5.73. The molecule has 0 atom stereocenters. The Morgan fingerprint density at radius 1 is 0.927 bits per heavy atom. The topological polar surface area (TPSA) is 87.5 Å². The van der Waals surface area contributed by atoms with Gasteiger partial charge in [-0.15, -0.1) is 0 Å². The number of pyridine rings is 1. The Balaban J connectivity index is 1.38. The van der Waals surface area contributed by atoms with Crippen molar-refractivity contribution in [3.63, 3.8) is 0 Å². The fraction of sp³-hybridized carbons (Fsp3) is 0.161. The summed E-state index contributed by atoms with van der Waals surface area (Å²) in [5, 5.41) is 3.87. The summed E-state index contributed by atoms with van der Waals surface area (Å²) in [5.41, 5.74) is 1.76. The van der Waals surface area contributed by atoms with Crippen LogP contribution in [0.15, 0.2) is 83.9 Å². The minimum atomic E-state index is -0.390. The van der Waals surface area contributed by atoms with Crippen LogP contribution in [0, 0.1) is 5.82 Å². The molecule has 0 fully saturated rings. The molecule has 0 aliphatic heterocycles. The van der Waals surface area contributed by atoms with E-state index in [9.17, 15) is 9.18 Å². The first-order valence-corrected chi connectivity index (χ1v) is 13.2.